The van der Waals surface area contributed by atoms with Crippen molar-refractivity contribution in [3.05, 3.63) is 17.0 Å². The van der Waals surface area contributed by atoms with Gasteiger partial charge in [0.1, 0.15) is 0 Å². The van der Waals surface area contributed by atoms with E-state index in [1.54, 1.807) is 4.90 Å². The molecule has 1 rings (SSSR count). The van der Waals surface area contributed by atoms with Gasteiger partial charge in [0.2, 0.25) is 0 Å². The molecule has 0 unspecified atom stereocenters. The summed E-state index contributed by atoms with van der Waals surface area (Å²) in [6, 6.07) is 4.02. The Balaban J connectivity index is 0.00000196. The van der Waals surface area contributed by atoms with Crippen molar-refractivity contribution < 1.29 is 4.79 Å². The van der Waals surface area contributed by atoms with Crippen LogP contribution in [0.15, 0.2) is 12.1 Å². The summed E-state index contributed by atoms with van der Waals surface area (Å²) in [5, 5.41) is 4.04. The van der Waals surface area contributed by atoms with E-state index >= 15 is 0 Å². The number of anilines is 1. The van der Waals surface area contributed by atoms with Gasteiger partial charge in [-0.2, -0.15) is 0 Å². The SMILES string of the molecule is CNc1ccc(C(=O)N(C)C(C)C)s1.Cl. The maximum absolute atomic E-state index is 11.8. The minimum atomic E-state index is 0. The average Bonchev–Trinajstić information content (AvgIpc) is 2.63. The Kier molecular flexibility index (Phi) is 5.68. The fourth-order valence-electron chi connectivity index (χ4n) is 0.996. The van der Waals surface area contributed by atoms with E-state index in [4.69, 9.17) is 0 Å². The van der Waals surface area contributed by atoms with E-state index in [0.717, 1.165) is 9.88 Å². The first kappa shape index (κ1) is 14.3. The highest BCUT2D eigenvalue weighted by Crippen LogP contribution is 2.22. The Hall–Kier alpha value is -0.740. The van der Waals surface area contributed by atoms with E-state index in [0.29, 0.717) is 0 Å². The van der Waals surface area contributed by atoms with Gasteiger partial charge in [-0.15, -0.1) is 23.7 Å². The molecule has 1 heterocycles. The van der Waals surface area contributed by atoms with E-state index in [2.05, 4.69) is 5.32 Å². The summed E-state index contributed by atoms with van der Waals surface area (Å²) in [4.78, 5) is 14.3. The molecule has 0 aliphatic carbocycles. The van der Waals surface area contributed by atoms with Crippen molar-refractivity contribution in [1.82, 2.24) is 4.90 Å². The van der Waals surface area contributed by atoms with Crippen LogP contribution < -0.4 is 5.32 Å². The van der Waals surface area contributed by atoms with E-state index in [-0.39, 0.29) is 24.4 Å². The van der Waals surface area contributed by atoms with Crippen LogP contribution in [0.5, 0.6) is 0 Å². The van der Waals surface area contributed by atoms with Gasteiger partial charge >= 0.3 is 0 Å². The average molecular weight is 249 g/mol. The highest BCUT2D eigenvalue weighted by atomic mass is 35.5. The van der Waals surface area contributed by atoms with Crippen LogP contribution in [0.2, 0.25) is 0 Å². The third kappa shape index (κ3) is 3.39. The molecule has 0 bridgehead atoms. The van der Waals surface area contributed by atoms with Crippen LogP contribution in [0.25, 0.3) is 0 Å². The van der Waals surface area contributed by atoms with Gasteiger partial charge in [0, 0.05) is 20.1 Å². The van der Waals surface area contributed by atoms with E-state index < -0.39 is 0 Å². The zero-order valence-electron chi connectivity index (χ0n) is 9.40. The zero-order chi connectivity index (χ0) is 10.7. The molecule has 0 spiro atoms. The summed E-state index contributed by atoms with van der Waals surface area (Å²) in [5.74, 6) is 0.0894. The number of rotatable bonds is 3. The van der Waals surface area contributed by atoms with Crippen molar-refractivity contribution in [2.24, 2.45) is 0 Å². The maximum Gasteiger partial charge on any atom is 0.263 e. The normalized spacial score (nSPS) is 9.67. The molecule has 0 aromatic carbocycles. The molecule has 0 fully saturated rings. The van der Waals surface area contributed by atoms with E-state index in [1.807, 2.05) is 40.1 Å². The lowest BCUT2D eigenvalue weighted by molar-refractivity contribution is 0.0760. The van der Waals surface area contributed by atoms with Gasteiger partial charge in [-0.3, -0.25) is 4.79 Å². The Morgan fingerprint density at radius 3 is 2.47 bits per heavy atom. The molecule has 0 aliphatic heterocycles. The standard InChI is InChI=1S/C10H16N2OS.ClH/c1-7(2)12(4)10(13)8-5-6-9(11-3)14-8;/h5-7,11H,1-4H3;1H. The number of carbonyl (C=O) groups is 1. The van der Waals surface area contributed by atoms with E-state index in [1.165, 1.54) is 11.3 Å². The van der Waals surface area contributed by atoms with E-state index in [9.17, 15) is 4.79 Å². The predicted octanol–water partition coefficient (Wildman–Crippen LogP) is 2.69. The Labute approximate surface area is 101 Å². The van der Waals surface area contributed by atoms with Gasteiger partial charge in [0.25, 0.3) is 5.91 Å². The number of hydrogen-bond acceptors (Lipinski definition) is 3. The Morgan fingerprint density at radius 1 is 1.47 bits per heavy atom. The first-order chi connectivity index (χ1) is 6.56. The summed E-state index contributed by atoms with van der Waals surface area (Å²) < 4.78 is 0. The van der Waals surface area contributed by atoms with Crippen LogP contribution in [0, 0.1) is 0 Å². The molecule has 1 amide bonds. The second kappa shape index (κ2) is 5.98. The molecule has 0 radical (unpaired) electrons. The number of carbonyl (C=O) groups excluding carboxylic acids is 1. The van der Waals surface area contributed by atoms with Gasteiger partial charge in [0.05, 0.1) is 9.88 Å². The van der Waals surface area contributed by atoms with Gasteiger partial charge < -0.3 is 10.2 Å². The lowest BCUT2D eigenvalue weighted by Crippen LogP contribution is -2.32. The molecule has 1 N–H and O–H groups in total. The second-order valence-electron chi connectivity index (χ2n) is 3.42. The van der Waals surface area contributed by atoms with Crippen molar-refractivity contribution >= 4 is 34.7 Å². The Morgan fingerprint density at radius 2 is 2.07 bits per heavy atom. The quantitative estimate of drug-likeness (QED) is 0.892. The molecular formula is C10H17ClN2OS. The number of hydrogen-bond donors (Lipinski definition) is 1. The Bertz CT molecular complexity index is 325. The molecule has 1 aromatic heterocycles. The summed E-state index contributed by atoms with van der Waals surface area (Å²) in [6.45, 7) is 4.01. The molecule has 3 nitrogen and oxygen atoms in total. The van der Waals surface area contributed by atoms with Gasteiger partial charge in [0.15, 0.2) is 0 Å². The minimum Gasteiger partial charge on any atom is -0.380 e. The van der Waals surface area contributed by atoms with Crippen LogP contribution in [-0.2, 0) is 0 Å². The first-order valence-electron chi connectivity index (χ1n) is 4.61. The number of halogens is 1. The topological polar surface area (TPSA) is 32.3 Å². The monoisotopic (exact) mass is 248 g/mol. The van der Waals surface area contributed by atoms with Crippen molar-refractivity contribution in [2.75, 3.05) is 19.4 Å². The number of nitrogens with one attached hydrogen (secondary N) is 1. The molecule has 5 heteroatoms. The van der Waals surface area contributed by atoms with Crippen LogP contribution in [0.4, 0.5) is 5.00 Å². The molecular weight excluding hydrogens is 232 g/mol. The largest absolute Gasteiger partial charge is 0.380 e. The van der Waals surface area contributed by atoms with Crippen LogP contribution in [-0.4, -0.2) is 30.9 Å². The molecule has 0 saturated heterocycles. The fourth-order valence-corrected chi connectivity index (χ4v) is 1.84. The predicted molar refractivity (Wildman–Crippen MR) is 68.3 cm³/mol. The summed E-state index contributed by atoms with van der Waals surface area (Å²) in [5.41, 5.74) is 0. The summed E-state index contributed by atoms with van der Waals surface area (Å²) >= 11 is 1.48. The minimum absolute atomic E-state index is 0. The van der Waals surface area contributed by atoms with Crippen LogP contribution in [0.1, 0.15) is 23.5 Å². The highest BCUT2D eigenvalue weighted by Gasteiger charge is 2.15. The van der Waals surface area contributed by atoms with Crippen molar-refractivity contribution in [3.63, 3.8) is 0 Å². The number of nitrogens with zero attached hydrogens (tertiary/aromatic N) is 1. The number of thiophene rings is 1. The molecule has 1 aromatic rings. The number of amides is 1. The summed E-state index contributed by atoms with van der Waals surface area (Å²) in [6.07, 6.45) is 0. The lowest BCUT2D eigenvalue weighted by atomic mass is 10.3. The van der Waals surface area contributed by atoms with Crippen molar-refractivity contribution in [1.29, 1.82) is 0 Å². The molecule has 0 saturated carbocycles. The molecule has 15 heavy (non-hydrogen) atoms. The van der Waals surface area contributed by atoms with Crippen molar-refractivity contribution in [2.45, 2.75) is 19.9 Å². The maximum atomic E-state index is 11.8. The lowest BCUT2D eigenvalue weighted by Gasteiger charge is -2.20. The van der Waals surface area contributed by atoms with Gasteiger partial charge in [-0.05, 0) is 26.0 Å². The first-order valence-corrected chi connectivity index (χ1v) is 5.42. The highest BCUT2D eigenvalue weighted by molar-refractivity contribution is 7.17. The second-order valence-corrected chi connectivity index (χ2v) is 4.51. The van der Waals surface area contributed by atoms with Crippen LogP contribution in [0.3, 0.4) is 0 Å². The smallest absolute Gasteiger partial charge is 0.263 e. The molecule has 0 atom stereocenters. The summed E-state index contributed by atoms with van der Waals surface area (Å²) in [7, 11) is 3.68. The fraction of sp³-hybridized carbons (Fsp3) is 0.500. The zero-order valence-corrected chi connectivity index (χ0v) is 11.0. The third-order valence-corrected chi connectivity index (χ3v) is 3.25. The third-order valence-electron chi connectivity index (χ3n) is 2.16. The van der Waals surface area contributed by atoms with Gasteiger partial charge in [-0.1, -0.05) is 0 Å². The molecule has 0 aliphatic rings. The van der Waals surface area contributed by atoms with Crippen LogP contribution >= 0.6 is 23.7 Å². The van der Waals surface area contributed by atoms with Gasteiger partial charge in [-0.25, -0.2) is 0 Å². The van der Waals surface area contributed by atoms with Crippen molar-refractivity contribution in [3.8, 4) is 0 Å². The molecule has 86 valence electrons.